The standard InChI is InChI=1S/C22H15FN4OS/c23-20-16(11-24)6-3-7-17(20)14-29-22-26-19-9-2-1-8-18(19)21(28)27(22)13-15-5-4-10-25-12-15/h1-10,12H,13-14H2. The second-order valence-corrected chi connectivity index (χ2v) is 7.29. The number of aromatic nitrogens is 3. The van der Waals surface area contributed by atoms with Gasteiger partial charge in [-0.25, -0.2) is 9.37 Å². The van der Waals surface area contributed by atoms with Crippen LogP contribution in [0, 0.1) is 17.1 Å². The van der Waals surface area contributed by atoms with Gasteiger partial charge in [-0.1, -0.05) is 42.1 Å². The number of fused-ring (bicyclic) bond motifs is 1. The first-order chi connectivity index (χ1) is 14.2. The molecule has 0 bridgehead atoms. The molecule has 0 aliphatic heterocycles. The van der Waals surface area contributed by atoms with E-state index in [2.05, 4.69) is 9.97 Å². The molecule has 2 heterocycles. The van der Waals surface area contributed by atoms with Gasteiger partial charge in [0.2, 0.25) is 0 Å². The maximum atomic E-state index is 14.4. The fraction of sp³-hybridized carbons (Fsp3) is 0.0909. The van der Waals surface area contributed by atoms with Crippen molar-refractivity contribution >= 4 is 22.7 Å². The third-order valence-corrected chi connectivity index (χ3v) is 5.47. The summed E-state index contributed by atoms with van der Waals surface area (Å²) in [7, 11) is 0. The molecule has 4 aromatic rings. The van der Waals surface area contributed by atoms with E-state index >= 15 is 0 Å². The fourth-order valence-electron chi connectivity index (χ4n) is 2.99. The van der Waals surface area contributed by atoms with Crippen LogP contribution in [0.5, 0.6) is 0 Å². The third kappa shape index (κ3) is 3.89. The summed E-state index contributed by atoms with van der Waals surface area (Å²) < 4.78 is 16.0. The van der Waals surface area contributed by atoms with Crippen LogP contribution in [-0.2, 0) is 12.3 Å². The van der Waals surface area contributed by atoms with Crippen LogP contribution < -0.4 is 5.56 Å². The molecule has 0 radical (unpaired) electrons. The number of para-hydroxylation sites is 1. The van der Waals surface area contributed by atoms with Crippen LogP contribution >= 0.6 is 11.8 Å². The van der Waals surface area contributed by atoms with E-state index in [4.69, 9.17) is 5.26 Å². The first-order valence-corrected chi connectivity index (χ1v) is 9.84. The molecule has 2 aromatic carbocycles. The Morgan fingerprint density at radius 1 is 1.10 bits per heavy atom. The summed E-state index contributed by atoms with van der Waals surface area (Å²) in [4.78, 5) is 21.8. The van der Waals surface area contributed by atoms with Crippen LogP contribution in [-0.4, -0.2) is 14.5 Å². The minimum Gasteiger partial charge on any atom is -0.283 e. The Bertz CT molecular complexity index is 1280. The lowest BCUT2D eigenvalue weighted by atomic mass is 10.1. The largest absolute Gasteiger partial charge is 0.283 e. The molecule has 0 unspecified atom stereocenters. The minimum absolute atomic E-state index is 0.00215. The summed E-state index contributed by atoms with van der Waals surface area (Å²) in [6.45, 7) is 0.313. The van der Waals surface area contributed by atoms with E-state index in [-0.39, 0.29) is 16.9 Å². The van der Waals surface area contributed by atoms with E-state index in [9.17, 15) is 9.18 Å². The Labute approximate surface area is 170 Å². The van der Waals surface area contributed by atoms with E-state index in [1.807, 2.05) is 24.3 Å². The minimum atomic E-state index is -0.538. The number of hydrogen-bond acceptors (Lipinski definition) is 5. The molecular weight excluding hydrogens is 387 g/mol. The van der Waals surface area contributed by atoms with Gasteiger partial charge in [-0.2, -0.15) is 5.26 Å². The molecule has 0 fully saturated rings. The predicted molar refractivity (Wildman–Crippen MR) is 110 cm³/mol. The normalized spacial score (nSPS) is 10.8. The van der Waals surface area contributed by atoms with Crippen LogP contribution in [0.25, 0.3) is 10.9 Å². The van der Waals surface area contributed by atoms with E-state index in [0.717, 1.165) is 5.56 Å². The van der Waals surface area contributed by atoms with Crippen molar-refractivity contribution in [3.8, 4) is 6.07 Å². The van der Waals surface area contributed by atoms with Crippen molar-refractivity contribution in [2.75, 3.05) is 0 Å². The van der Waals surface area contributed by atoms with Crippen LogP contribution in [0.3, 0.4) is 0 Å². The quantitative estimate of drug-likeness (QED) is 0.371. The summed E-state index contributed by atoms with van der Waals surface area (Å²) in [5, 5.41) is 10.0. The smallest absolute Gasteiger partial charge is 0.262 e. The highest BCUT2D eigenvalue weighted by Crippen LogP contribution is 2.25. The lowest BCUT2D eigenvalue weighted by molar-refractivity contribution is 0.613. The number of hydrogen-bond donors (Lipinski definition) is 0. The number of nitrogens with zero attached hydrogens (tertiary/aromatic N) is 4. The number of nitriles is 1. The zero-order chi connectivity index (χ0) is 20.2. The van der Waals surface area contributed by atoms with Crippen molar-refractivity contribution in [1.82, 2.24) is 14.5 Å². The number of halogens is 1. The molecule has 0 N–H and O–H groups in total. The first-order valence-electron chi connectivity index (χ1n) is 8.86. The average molecular weight is 402 g/mol. The second kappa shape index (κ2) is 8.25. The first kappa shape index (κ1) is 18.8. The van der Waals surface area contributed by atoms with Crippen LogP contribution in [0.15, 0.2) is 76.9 Å². The number of thioether (sulfide) groups is 1. The molecular formula is C22H15FN4OS. The monoisotopic (exact) mass is 402 g/mol. The van der Waals surface area contributed by atoms with Gasteiger partial charge in [-0.3, -0.25) is 14.3 Å². The maximum absolute atomic E-state index is 14.4. The molecule has 0 aliphatic rings. The number of rotatable bonds is 5. The van der Waals surface area contributed by atoms with Crippen LogP contribution in [0.2, 0.25) is 0 Å². The summed E-state index contributed by atoms with van der Waals surface area (Å²) >= 11 is 1.26. The number of benzene rings is 2. The number of pyridine rings is 1. The van der Waals surface area contributed by atoms with Crippen LogP contribution in [0.1, 0.15) is 16.7 Å². The highest BCUT2D eigenvalue weighted by Gasteiger charge is 2.14. The Balaban J connectivity index is 1.75. The maximum Gasteiger partial charge on any atom is 0.262 e. The third-order valence-electron chi connectivity index (χ3n) is 4.45. The van der Waals surface area contributed by atoms with Gasteiger partial charge >= 0.3 is 0 Å². The molecule has 0 saturated heterocycles. The summed E-state index contributed by atoms with van der Waals surface area (Å²) in [6.07, 6.45) is 3.37. The predicted octanol–water partition coefficient (Wildman–Crippen LogP) is 4.14. The molecule has 0 amide bonds. The fourth-order valence-corrected chi connectivity index (χ4v) is 3.97. The van der Waals surface area contributed by atoms with Crippen molar-refractivity contribution < 1.29 is 4.39 Å². The molecule has 142 valence electrons. The van der Waals surface area contributed by atoms with E-state index < -0.39 is 5.82 Å². The van der Waals surface area contributed by atoms with Gasteiger partial charge in [0, 0.05) is 18.1 Å². The van der Waals surface area contributed by atoms with E-state index in [0.29, 0.717) is 28.2 Å². The lowest BCUT2D eigenvalue weighted by Gasteiger charge is -2.13. The zero-order valence-corrected chi connectivity index (χ0v) is 16.1. The van der Waals surface area contributed by atoms with E-state index in [1.54, 1.807) is 47.3 Å². The Kier molecular flexibility index (Phi) is 5.36. The van der Waals surface area contributed by atoms with Gasteiger partial charge in [0.15, 0.2) is 5.16 Å². The van der Waals surface area contributed by atoms with Crippen LogP contribution in [0.4, 0.5) is 4.39 Å². The summed E-state index contributed by atoms with van der Waals surface area (Å²) in [5.41, 5.74) is 1.69. The molecule has 0 atom stereocenters. The lowest BCUT2D eigenvalue weighted by Crippen LogP contribution is -2.24. The van der Waals surface area contributed by atoms with Crippen molar-refractivity contribution in [2.24, 2.45) is 0 Å². The molecule has 0 aliphatic carbocycles. The Morgan fingerprint density at radius 3 is 2.76 bits per heavy atom. The van der Waals surface area contributed by atoms with Gasteiger partial charge in [0.25, 0.3) is 5.56 Å². The van der Waals surface area contributed by atoms with Gasteiger partial charge in [0.1, 0.15) is 11.9 Å². The van der Waals surface area contributed by atoms with Gasteiger partial charge in [0.05, 0.1) is 23.0 Å². The highest BCUT2D eigenvalue weighted by molar-refractivity contribution is 7.98. The van der Waals surface area contributed by atoms with Crippen molar-refractivity contribution in [2.45, 2.75) is 17.5 Å². The van der Waals surface area contributed by atoms with Gasteiger partial charge in [-0.05, 0) is 35.4 Å². The van der Waals surface area contributed by atoms with Crippen molar-refractivity contribution in [3.05, 3.63) is 99.9 Å². The highest BCUT2D eigenvalue weighted by atomic mass is 32.2. The molecule has 7 heteroatoms. The van der Waals surface area contributed by atoms with Crippen molar-refractivity contribution in [1.29, 1.82) is 5.26 Å². The molecule has 0 spiro atoms. The van der Waals surface area contributed by atoms with Gasteiger partial charge < -0.3 is 0 Å². The Morgan fingerprint density at radius 2 is 1.97 bits per heavy atom. The molecule has 29 heavy (non-hydrogen) atoms. The summed E-state index contributed by atoms with van der Waals surface area (Å²) in [6, 6.07) is 17.4. The SMILES string of the molecule is N#Cc1cccc(CSc2nc3ccccc3c(=O)n2Cc2cccnc2)c1F. The molecule has 4 rings (SSSR count). The van der Waals surface area contributed by atoms with Gasteiger partial charge in [-0.15, -0.1) is 0 Å². The molecule has 0 saturated carbocycles. The van der Waals surface area contributed by atoms with Crippen molar-refractivity contribution in [3.63, 3.8) is 0 Å². The zero-order valence-electron chi connectivity index (χ0n) is 15.2. The second-order valence-electron chi connectivity index (χ2n) is 6.34. The molecule has 5 nitrogen and oxygen atoms in total. The average Bonchev–Trinajstić information content (AvgIpc) is 2.76. The Hall–Kier alpha value is -3.50. The van der Waals surface area contributed by atoms with E-state index in [1.165, 1.54) is 17.8 Å². The molecule has 2 aromatic heterocycles. The summed E-state index contributed by atoms with van der Waals surface area (Å²) in [5.74, 6) is -0.288. The topological polar surface area (TPSA) is 71.6 Å².